The Hall–Kier alpha value is -3.50. The van der Waals surface area contributed by atoms with Crippen LogP contribution < -0.4 is 4.74 Å². The second kappa shape index (κ2) is 8.62. The van der Waals surface area contributed by atoms with Crippen molar-refractivity contribution in [3.05, 3.63) is 77.4 Å². The minimum absolute atomic E-state index is 0.0494. The fraction of sp³-hybridized carbons (Fsp3) is 0.280. The molecule has 1 aromatic heterocycles. The van der Waals surface area contributed by atoms with Crippen LogP contribution in [-0.4, -0.2) is 55.8 Å². The summed E-state index contributed by atoms with van der Waals surface area (Å²) in [4.78, 5) is 13.3. The van der Waals surface area contributed by atoms with Crippen LogP contribution in [0.2, 0.25) is 0 Å². The molecule has 1 fully saturated rings. The molecule has 0 N–H and O–H groups in total. The summed E-state index contributed by atoms with van der Waals surface area (Å²) >= 11 is 0. The number of hydrogen-bond donors (Lipinski definition) is 0. The van der Waals surface area contributed by atoms with Gasteiger partial charge in [-0.05, 0) is 66.5 Å². The highest BCUT2D eigenvalue weighted by Crippen LogP contribution is 2.46. The molecule has 1 saturated heterocycles. The molecule has 2 aliphatic rings. The lowest BCUT2D eigenvalue weighted by Crippen LogP contribution is -2.53. The Kier molecular flexibility index (Phi) is 5.72. The van der Waals surface area contributed by atoms with Gasteiger partial charge in [0, 0.05) is 19.2 Å². The Morgan fingerprint density at radius 3 is 2.63 bits per heavy atom. The summed E-state index contributed by atoms with van der Waals surface area (Å²) in [6.07, 6.45) is 4.15. The minimum Gasteiger partial charge on any atom is -0.497 e. The number of nitrogens with zero attached hydrogens (tertiary/aromatic N) is 3. The van der Waals surface area contributed by atoms with Crippen LogP contribution >= 0.6 is 0 Å². The van der Waals surface area contributed by atoms with E-state index >= 15 is 0 Å². The molecule has 0 saturated carbocycles. The fourth-order valence-corrected chi connectivity index (χ4v) is 6.42. The van der Waals surface area contributed by atoms with Crippen LogP contribution in [0.3, 0.4) is 0 Å². The van der Waals surface area contributed by atoms with Crippen LogP contribution in [0.5, 0.6) is 5.75 Å². The van der Waals surface area contributed by atoms with E-state index in [0.717, 1.165) is 16.8 Å². The molecule has 0 spiro atoms. The number of carbonyl (C=O) groups is 1. The topological polar surface area (TPSA) is 90.7 Å². The van der Waals surface area contributed by atoms with E-state index in [9.17, 15) is 17.6 Å². The van der Waals surface area contributed by atoms with Crippen molar-refractivity contribution in [3.8, 4) is 11.4 Å². The van der Waals surface area contributed by atoms with E-state index < -0.39 is 21.4 Å². The number of sulfonamides is 1. The third-order valence-corrected chi connectivity index (χ3v) is 8.55. The van der Waals surface area contributed by atoms with Crippen molar-refractivity contribution < 1.29 is 27.1 Å². The molecule has 3 aromatic rings. The van der Waals surface area contributed by atoms with Gasteiger partial charge in [0.1, 0.15) is 17.0 Å². The summed E-state index contributed by atoms with van der Waals surface area (Å²) in [5.74, 6) is -0.404. The molecular weight excluding hydrogens is 473 g/mol. The highest BCUT2D eigenvalue weighted by Gasteiger charge is 2.51. The van der Waals surface area contributed by atoms with Crippen LogP contribution in [0.1, 0.15) is 17.7 Å². The lowest BCUT2D eigenvalue weighted by Gasteiger charge is -2.43. The zero-order chi connectivity index (χ0) is 24.8. The van der Waals surface area contributed by atoms with Crippen molar-refractivity contribution in [2.45, 2.75) is 17.7 Å². The van der Waals surface area contributed by atoms with Crippen LogP contribution in [0.4, 0.5) is 4.39 Å². The molecule has 1 atom stereocenters. The number of esters is 1. The molecule has 10 heteroatoms. The first-order valence-electron chi connectivity index (χ1n) is 11.0. The quantitative estimate of drug-likeness (QED) is 0.503. The number of piperidine rings is 1. The number of fused-ring (bicyclic) bond motifs is 2. The van der Waals surface area contributed by atoms with E-state index in [1.54, 1.807) is 35.1 Å². The molecule has 35 heavy (non-hydrogen) atoms. The van der Waals surface area contributed by atoms with E-state index in [4.69, 9.17) is 9.47 Å². The number of ether oxygens (including phenoxy) is 2. The van der Waals surface area contributed by atoms with Gasteiger partial charge in [0.2, 0.25) is 10.0 Å². The molecule has 0 bridgehead atoms. The van der Waals surface area contributed by atoms with E-state index in [1.807, 2.05) is 6.08 Å². The Morgan fingerprint density at radius 1 is 1.14 bits per heavy atom. The molecule has 0 amide bonds. The molecule has 0 unspecified atom stereocenters. The number of benzene rings is 2. The van der Waals surface area contributed by atoms with Gasteiger partial charge in [-0.2, -0.15) is 9.40 Å². The van der Waals surface area contributed by atoms with Gasteiger partial charge in [0.05, 0.1) is 36.7 Å². The second-order valence-electron chi connectivity index (χ2n) is 8.63. The van der Waals surface area contributed by atoms with Crippen molar-refractivity contribution >= 4 is 22.1 Å². The van der Waals surface area contributed by atoms with Gasteiger partial charge in [-0.15, -0.1) is 0 Å². The predicted molar refractivity (Wildman–Crippen MR) is 126 cm³/mol. The van der Waals surface area contributed by atoms with E-state index in [1.165, 1.54) is 42.8 Å². The number of rotatable bonds is 5. The first kappa shape index (κ1) is 23.3. The predicted octanol–water partition coefficient (Wildman–Crippen LogP) is 3.21. The van der Waals surface area contributed by atoms with E-state index in [2.05, 4.69) is 5.10 Å². The fourth-order valence-electron chi connectivity index (χ4n) is 4.88. The van der Waals surface area contributed by atoms with E-state index in [0.29, 0.717) is 17.9 Å². The molecule has 2 heterocycles. The number of methoxy groups -OCH3 is 2. The van der Waals surface area contributed by atoms with E-state index in [-0.39, 0.29) is 30.2 Å². The average Bonchev–Trinajstić information content (AvgIpc) is 3.29. The van der Waals surface area contributed by atoms with Gasteiger partial charge in [-0.25, -0.2) is 17.5 Å². The monoisotopic (exact) mass is 497 g/mol. The van der Waals surface area contributed by atoms with Crippen LogP contribution in [-0.2, 0) is 26.0 Å². The second-order valence-corrected chi connectivity index (χ2v) is 10.6. The van der Waals surface area contributed by atoms with Crippen LogP contribution in [0, 0.1) is 11.2 Å². The van der Waals surface area contributed by atoms with Crippen LogP contribution in [0.25, 0.3) is 11.8 Å². The van der Waals surface area contributed by atoms with Gasteiger partial charge >= 0.3 is 5.97 Å². The standard InChI is InChI=1S/C25H24FN3O5S/c1-33-21-4-3-5-22(13-21)35(31,32)28-11-10-18-12-23-17(14-25(18,16-28)24(30)34-2)15-27-29(23)20-8-6-19(26)7-9-20/h3-9,12-13,15H,10-11,14,16H2,1-2H3/t25-/m0/s1. The maximum absolute atomic E-state index is 13.5. The first-order chi connectivity index (χ1) is 16.8. The molecular formula is C25H24FN3O5S. The normalized spacial score (nSPS) is 19.9. The first-order valence-corrected chi connectivity index (χ1v) is 12.5. The number of halogens is 1. The maximum Gasteiger partial charge on any atom is 0.317 e. The van der Waals surface area contributed by atoms with Crippen molar-refractivity contribution in [1.29, 1.82) is 0 Å². The number of hydrogen-bond acceptors (Lipinski definition) is 6. The summed E-state index contributed by atoms with van der Waals surface area (Å²) in [7, 11) is -1.10. The molecule has 182 valence electrons. The summed E-state index contributed by atoms with van der Waals surface area (Å²) in [5, 5.41) is 4.46. The molecule has 1 aliphatic carbocycles. The third-order valence-electron chi connectivity index (χ3n) is 6.71. The molecule has 5 rings (SSSR count). The summed E-state index contributed by atoms with van der Waals surface area (Å²) in [6, 6.07) is 12.3. The molecule has 2 aromatic carbocycles. The smallest absolute Gasteiger partial charge is 0.317 e. The number of aromatic nitrogens is 2. The van der Waals surface area contributed by atoms with Gasteiger partial charge in [-0.3, -0.25) is 4.79 Å². The van der Waals surface area contributed by atoms with Gasteiger partial charge in [0.15, 0.2) is 0 Å². The highest BCUT2D eigenvalue weighted by atomic mass is 32.2. The Morgan fingerprint density at radius 2 is 1.91 bits per heavy atom. The van der Waals surface area contributed by atoms with Gasteiger partial charge in [0.25, 0.3) is 0 Å². The Bertz CT molecular complexity index is 1430. The molecule has 8 nitrogen and oxygen atoms in total. The Balaban J connectivity index is 1.54. The van der Waals surface area contributed by atoms with Crippen LogP contribution in [0.15, 0.2) is 65.2 Å². The Labute approximate surface area is 202 Å². The van der Waals surface area contributed by atoms with Crippen molar-refractivity contribution in [1.82, 2.24) is 14.1 Å². The maximum atomic E-state index is 13.5. The zero-order valence-electron chi connectivity index (χ0n) is 19.3. The number of carbonyl (C=O) groups excluding carboxylic acids is 1. The zero-order valence-corrected chi connectivity index (χ0v) is 20.1. The van der Waals surface area contributed by atoms with Gasteiger partial charge < -0.3 is 9.47 Å². The SMILES string of the molecule is COC(=O)[C@]12Cc3cnn(-c4ccc(F)cc4)c3C=C1CCN(S(=O)(=O)c1cccc(OC)c1)C2. The van der Waals surface area contributed by atoms with Crippen molar-refractivity contribution in [2.75, 3.05) is 27.3 Å². The largest absolute Gasteiger partial charge is 0.497 e. The third kappa shape index (κ3) is 3.82. The lowest BCUT2D eigenvalue weighted by molar-refractivity contribution is -0.151. The lowest BCUT2D eigenvalue weighted by atomic mass is 9.69. The minimum atomic E-state index is -3.88. The highest BCUT2D eigenvalue weighted by molar-refractivity contribution is 7.89. The summed E-state index contributed by atoms with van der Waals surface area (Å²) in [5.41, 5.74) is 1.88. The molecule has 1 aliphatic heterocycles. The summed E-state index contributed by atoms with van der Waals surface area (Å²) < 4.78 is 53.8. The van der Waals surface area contributed by atoms with Gasteiger partial charge in [-0.1, -0.05) is 6.07 Å². The molecule has 0 radical (unpaired) electrons. The summed E-state index contributed by atoms with van der Waals surface area (Å²) in [6.45, 7) is 0.163. The van der Waals surface area contributed by atoms with Crippen molar-refractivity contribution in [2.24, 2.45) is 5.41 Å². The average molecular weight is 498 g/mol. The van der Waals surface area contributed by atoms with Crippen molar-refractivity contribution in [3.63, 3.8) is 0 Å².